The number of nitrogens with two attached hydrogens (primary N) is 1. The van der Waals surface area contributed by atoms with E-state index in [0.29, 0.717) is 5.69 Å². The Bertz CT molecular complexity index is 621. The molecule has 2 aromatic rings. The van der Waals surface area contributed by atoms with E-state index in [0.717, 1.165) is 11.6 Å². The summed E-state index contributed by atoms with van der Waals surface area (Å²) >= 11 is 0. The number of hydrogen-bond donors (Lipinski definition) is 4. The predicted octanol–water partition coefficient (Wildman–Crippen LogP) is 2.17. The van der Waals surface area contributed by atoms with Gasteiger partial charge in [0.1, 0.15) is 11.5 Å². The summed E-state index contributed by atoms with van der Waals surface area (Å²) in [6.45, 7) is 1.83. The first-order chi connectivity index (χ1) is 9.45. The summed E-state index contributed by atoms with van der Waals surface area (Å²) in [5.74, 6) is -0.704. The van der Waals surface area contributed by atoms with Crippen LogP contribution in [0, 0.1) is 0 Å². The fraction of sp³-hybridized carbons (Fsp3) is 0.133. The first-order valence-electron chi connectivity index (χ1n) is 6.15. The normalized spacial score (nSPS) is 11.8. The van der Waals surface area contributed by atoms with Crippen LogP contribution in [0.25, 0.3) is 0 Å². The average molecular weight is 272 g/mol. The molecule has 2 aromatic carbocycles. The highest BCUT2D eigenvalue weighted by atomic mass is 16.3. The zero-order valence-corrected chi connectivity index (χ0v) is 11.0. The van der Waals surface area contributed by atoms with Gasteiger partial charge in [0.05, 0.1) is 6.04 Å². The monoisotopic (exact) mass is 272 g/mol. The molecule has 0 fully saturated rings. The van der Waals surface area contributed by atoms with Crippen LogP contribution in [0.4, 0.5) is 5.69 Å². The fourth-order valence-corrected chi connectivity index (χ4v) is 1.92. The second kappa shape index (κ2) is 5.52. The highest BCUT2D eigenvalue weighted by Gasteiger charge is 2.13. The molecule has 5 N–H and O–H groups in total. The number of carbonyl (C=O) groups excluding carboxylic acids is 1. The van der Waals surface area contributed by atoms with Crippen LogP contribution in [-0.2, 0) is 0 Å². The number of anilines is 1. The van der Waals surface area contributed by atoms with Crippen molar-refractivity contribution in [2.75, 3.05) is 5.73 Å². The molecule has 0 saturated heterocycles. The van der Waals surface area contributed by atoms with Gasteiger partial charge in [-0.3, -0.25) is 4.79 Å². The maximum atomic E-state index is 12.1. The molecule has 5 nitrogen and oxygen atoms in total. The van der Waals surface area contributed by atoms with Crippen molar-refractivity contribution in [3.8, 4) is 11.5 Å². The molecule has 0 radical (unpaired) electrons. The number of phenols is 2. The number of benzene rings is 2. The lowest BCUT2D eigenvalue weighted by Gasteiger charge is -2.15. The molecule has 2 rings (SSSR count). The van der Waals surface area contributed by atoms with Gasteiger partial charge in [-0.2, -0.15) is 0 Å². The highest BCUT2D eigenvalue weighted by Crippen LogP contribution is 2.21. The average Bonchev–Trinajstić information content (AvgIpc) is 2.37. The highest BCUT2D eigenvalue weighted by molar-refractivity contribution is 5.95. The summed E-state index contributed by atoms with van der Waals surface area (Å²) in [6, 6.07) is 10.7. The third kappa shape index (κ3) is 3.20. The summed E-state index contributed by atoms with van der Waals surface area (Å²) in [5.41, 5.74) is 7.39. The quantitative estimate of drug-likeness (QED) is 0.644. The van der Waals surface area contributed by atoms with Gasteiger partial charge in [0.25, 0.3) is 5.91 Å². The van der Waals surface area contributed by atoms with E-state index in [1.54, 1.807) is 12.1 Å². The third-order valence-corrected chi connectivity index (χ3v) is 2.92. The van der Waals surface area contributed by atoms with E-state index < -0.39 is 0 Å². The van der Waals surface area contributed by atoms with E-state index in [1.165, 1.54) is 12.1 Å². The van der Waals surface area contributed by atoms with Crippen molar-refractivity contribution in [3.63, 3.8) is 0 Å². The van der Waals surface area contributed by atoms with E-state index in [4.69, 9.17) is 5.73 Å². The van der Waals surface area contributed by atoms with E-state index in [-0.39, 0.29) is 29.0 Å². The minimum Gasteiger partial charge on any atom is -0.508 e. The SMILES string of the molecule is CC(NC(=O)c1cc(O)cc(O)c1)c1cccc(N)c1. The Balaban J connectivity index is 2.15. The van der Waals surface area contributed by atoms with Crippen molar-refractivity contribution in [3.05, 3.63) is 53.6 Å². The van der Waals surface area contributed by atoms with Crippen molar-refractivity contribution < 1.29 is 15.0 Å². The smallest absolute Gasteiger partial charge is 0.252 e. The van der Waals surface area contributed by atoms with Crippen LogP contribution in [0.2, 0.25) is 0 Å². The van der Waals surface area contributed by atoms with Gasteiger partial charge in [-0.05, 0) is 36.8 Å². The number of phenolic OH excluding ortho intramolecular Hbond substituents is 2. The van der Waals surface area contributed by atoms with Gasteiger partial charge in [0.2, 0.25) is 0 Å². The predicted molar refractivity (Wildman–Crippen MR) is 76.5 cm³/mol. The Labute approximate surface area is 116 Å². The molecule has 1 amide bonds. The minimum atomic E-state index is -0.383. The molecule has 0 aliphatic carbocycles. The summed E-state index contributed by atoms with van der Waals surface area (Å²) in [7, 11) is 0. The Morgan fingerprint density at radius 2 is 1.80 bits per heavy atom. The molecular formula is C15H16N2O3. The number of rotatable bonds is 3. The maximum Gasteiger partial charge on any atom is 0.252 e. The molecule has 0 aliphatic rings. The Morgan fingerprint density at radius 1 is 1.15 bits per heavy atom. The van der Waals surface area contributed by atoms with Gasteiger partial charge in [-0.25, -0.2) is 0 Å². The van der Waals surface area contributed by atoms with Crippen molar-refractivity contribution in [1.29, 1.82) is 0 Å². The maximum absolute atomic E-state index is 12.1. The zero-order chi connectivity index (χ0) is 14.7. The topological polar surface area (TPSA) is 95.6 Å². The van der Waals surface area contributed by atoms with Crippen molar-refractivity contribution in [1.82, 2.24) is 5.32 Å². The molecule has 0 aliphatic heterocycles. The fourth-order valence-electron chi connectivity index (χ4n) is 1.92. The zero-order valence-electron chi connectivity index (χ0n) is 11.0. The second-order valence-electron chi connectivity index (χ2n) is 4.60. The molecule has 20 heavy (non-hydrogen) atoms. The minimum absolute atomic E-state index is 0.160. The van der Waals surface area contributed by atoms with Gasteiger partial charge < -0.3 is 21.3 Å². The molecule has 104 valence electrons. The van der Waals surface area contributed by atoms with Gasteiger partial charge in [-0.15, -0.1) is 0 Å². The van der Waals surface area contributed by atoms with Crippen LogP contribution in [0.5, 0.6) is 11.5 Å². The summed E-state index contributed by atoms with van der Waals surface area (Å²) in [5, 5.41) is 21.5. The van der Waals surface area contributed by atoms with Crippen LogP contribution in [0.3, 0.4) is 0 Å². The first kappa shape index (κ1) is 13.7. The van der Waals surface area contributed by atoms with E-state index in [1.807, 2.05) is 19.1 Å². The number of hydrogen-bond acceptors (Lipinski definition) is 4. The number of nitrogen functional groups attached to an aromatic ring is 1. The van der Waals surface area contributed by atoms with E-state index in [2.05, 4.69) is 5.32 Å². The Kier molecular flexibility index (Phi) is 3.79. The molecule has 5 heteroatoms. The van der Waals surface area contributed by atoms with Gasteiger partial charge in [0, 0.05) is 17.3 Å². The largest absolute Gasteiger partial charge is 0.508 e. The standard InChI is InChI=1S/C15H16N2O3/c1-9(10-3-2-4-12(16)5-10)17-15(20)11-6-13(18)8-14(19)7-11/h2-9,18-19H,16H2,1H3,(H,17,20). The Hall–Kier alpha value is -2.69. The number of carbonyl (C=O) groups is 1. The van der Waals surface area contributed by atoms with Crippen LogP contribution >= 0.6 is 0 Å². The van der Waals surface area contributed by atoms with E-state index >= 15 is 0 Å². The van der Waals surface area contributed by atoms with Crippen LogP contribution < -0.4 is 11.1 Å². The summed E-state index contributed by atoms with van der Waals surface area (Å²) in [4.78, 5) is 12.1. The van der Waals surface area contributed by atoms with Crippen LogP contribution in [0.15, 0.2) is 42.5 Å². The molecule has 0 bridgehead atoms. The summed E-state index contributed by atoms with van der Waals surface area (Å²) < 4.78 is 0. The molecule has 1 unspecified atom stereocenters. The van der Waals surface area contributed by atoms with Gasteiger partial charge in [0.15, 0.2) is 0 Å². The third-order valence-electron chi connectivity index (χ3n) is 2.92. The van der Waals surface area contributed by atoms with E-state index in [9.17, 15) is 15.0 Å². The lowest BCUT2D eigenvalue weighted by molar-refractivity contribution is 0.0939. The van der Waals surface area contributed by atoms with Gasteiger partial charge >= 0.3 is 0 Å². The van der Waals surface area contributed by atoms with Gasteiger partial charge in [-0.1, -0.05) is 12.1 Å². The summed E-state index contributed by atoms with van der Waals surface area (Å²) in [6.07, 6.45) is 0. The van der Waals surface area contributed by atoms with Crippen LogP contribution in [-0.4, -0.2) is 16.1 Å². The lowest BCUT2D eigenvalue weighted by atomic mass is 10.1. The number of aromatic hydroxyl groups is 2. The van der Waals surface area contributed by atoms with Crippen molar-refractivity contribution in [2.45, 2.75) is 13.0 Å². The second-order valence-corrected chi connectivity index (χ2v) is 4.60. The molecule has 0 saturated carbocycles. The lowest BCUT2D eigenvalue weighted by Crippen LogP contribution is -2.26. The number of nitrogens with one attached hydrogen (secondary N) is 1. The van der Waals surface area contributed by atoms with Crippen molar-refractivity contribution >= 4 is 11.6 Å². The molecule has 0 aromatic heterocycles. The first-order valence-corrected chi connectivity index (χ1v) is 6.15. The Morgan fingerprint density at radius 3 is 2.40 bits per heavy atom. The molecular weight excluding hydrogens is 256 g/mol. The number of amides is 1. The van der Waals surface area contributed by atoms with Crippen molar-refractivity contribution in [2.24, 2.45) is 0 Å². The molecule has 0 heterocycles. The molecule has 0 spiro atoms. The van der Waals surface area contributed by atoms with Crippen LogP contribution in [0.1, 0.15) is 28.9 Å². The molecule has 1 atom stereocenters.